The summed E-state index contributed by atoms with van der Waals surface area (Å²) in [6, 6.07) is 2.12. The predicted molar refractivity (Wildman–Crippen MR) is 65.7 cm³/mol. The monoisotopic (exact) mass is 301 g/mol. The molecule has 74 valence electrons. The zero-order chi connectivity index (χ0) is 10.3. The maximum Gasteiger partial charge on any atom is 0.177 e. The van der Waals surface area contributed by atoms with E-state index in [0.29, 0.717) is 0 Å². The number of H-pyrrole nitrogens is 1. The van der Waals surface area contributed by atoms with E-state index in [-0.39, 0.29) is 3.42 Å². The predicted octanol–water partition coefficient (Wildman–Crippen LogP) is 2.94. The largest absolute Gasteiger partial charge is 0.341 e. The molecule has 0 radical (unpaired) electrons. The molecule has 0 aliphatic heterocycles. The number of hydrogen-bond donors (Lipinski definition) is 1. The third kappa shape index (κ3) is 1.75. The lowest BCUT2D eigenvalue weighted by Gasteiger charge is -2.15. The van der Waals surface area contributed by atoms with Crippen molar-refractivity contribution in [2.75, 3.05) is 0 Å². The summed E-state index contributed by atoms with van der Waals surface area (Å²) >= 11 is 2.41. The Balaban J connectivity index is 2.62. The zero-order valence-electron chi connectivity index (χ0n) is 8.43. The van der Waals surface area contributed by atoms with Crippen molar-refractivity contribution in [1.29, 1.82) is 0 Å². The number of halogens is 1. The summed E-state index contributed by atoms with van der Waals surface area (Å²) in [5.41, 5.74) is 3.03. The van der Waals surface area contributed by atoms with Gasteiger partial charge >= 0.3 is 0 Å². The van der Waals surface area contributed by atoms with E-state index in [0.717, 1.165) is 17.0 Å². The summed E-state index contributed by atoms with van der Waals surface area (Å²) in [6.07, 6.45) is 1.90. The maximum atomic E-state index is 4.32. The molecule has 2 heterocycles. The molecular formula is C10H12IN3. The molecule has 2 rings (SSSR count). The number of aromatic nitrogens is 3. The van der Waals surface area contributed by atoms with Gasteiger partial charge in [0.15, 0.2) is 5.65 Å². The van der Waals surface area contributed by atoms with E-state index in [4.69, 9.17) is 0 Å². The molecule has 0 aliphatic rings. The zero-order valence-corrected chi connectivity index (χ0v) is 10.6. The molecule has 0 fully saturated rings. The fourth-order valence-electron chi connectivity index (χ4n) is 1.35. The summed E-state index contributed by atoms with van der Waals surface area (Å²) in [6.45, 7) is 6.27. The fraction of sp³-hybridized carbons (Fsp3) is 0.400. The number of nitrogens with zero attached hydrogens (tertiary/aromatic N) is 2. The van der Waals surface area contributed by atoms with Crippen molar-refractivity contribution >= 4 is 33.8 Å². The molecule has 0 spiro atoms. The molecule has 0 saturated carbocycles. The van der Waals surface area contributed by atoms with Gasteiger partial charge in [0.2, 0.25) is 0 Å². The first-order valence-corrected chi connectivity index (χ1v) is 5.56. The van der Waals surface area contributed by atoms with Gasteiger partial charge in [-0.25, -0.2) is 9.97 Å². The van der Waals surface area contributed by atoms with Crippen LogP contribution >= 0.6 is 22.6 Å². The van der Waals surface area contributed by atoms with Crippen LogP contribution < -0.4 is 0 Å². The van der Waals surface area contributed by atoms with Crippen molar-refractivity contribution in [1.82, 2.24) is 15.0 Å². The molecule has 0 unspecified atom stereocenters. The molecular weight excluding hydrogens is 289 g/mol. The van der Waals surface area contributed by atoms with Crippen molar-refractivity contribution in [2.45, 2.75) is 24.2 Å². The van der Waals surface area contributed by atoms with E-state index < -0.39 is 0 Å². The van der Waals surface area contributed by atoms with Crippen LogP contribution in [0.5, 0.6) is 0 Å². The van der Waals surface area contributed by atoms with Gasteiger partial charge in [0.25, 0.3) is 0 Å². The molecule has 0 aromatic carbocycles. The Morgan fingerprint density at radius 3 is 2.79 bits per heavy atom. The maximum absolute atomic E-state index is 4.32. The average Bonchev–Trinajstić information content (AvgIpc) is 2.41. The number of rotatable bonds is 1. The Kier molecular flexibility index (Phi) is 2.25. The lowest BCUT2D eigenvalue weighted by molar-refractivity contribution is 0.822. The molecule has 0 saturated heterocycles. The van der Waals surface area contributed by atoms with Crippen molar-refractivity contribution in [2.24, 2.45) is 0 Å². The van der Waals surface area contributed by atoms with Gasteiger partial charge in [-0.15, -0.1) is 0 Å². The second kappa shape index (κ2) is 3.18. The summed E-state index contributed by atoms with van der Waals surface area (Å²) < 4.78 is 0.109. The Bertz CT molecular complexity index is 468. The van der Waals surface area contributed by atoms with Crippen LogP contribution in [0.25, 0.3) is 11.2 Å². The van der Waals surface area contributed by atoms with Gasteiger partial charge < -0.3 is 4.98 Å². The van der Waals surface area contributed by atoms with Crippen molar-refractivity contribution in [3.8, 4) is 0 Å². The third-order valence-electron chi connectivity index (χ3n) is 2.14. The van der Waals surface area contributed by atoms with Gasteiger partial charge in [-0.3, -0.25) is 0 Å². The van der Waals surface area contributed by atoms with Crippen LogP contribution in [0.2, 0.25) is 0 Å². The molecule has 0 aliphatic carbocycles. The number of pyridine rings is 1. The first-order valence-electron chi connectivity index (χ1n) is 4.48. The summed E-state index contributed by atoms with van der Waals surface area (Å²) in [4.78, 5) is 11.8. The average molecular weight is 301 g/mol. The van der Waals surface area contributed by atoms with Gasteiger partial charge in [0.1, 0.15) is 5.82 Å². The summed E-state index contributed by atoms with van der Waals surface area (Å²) in [5.74, 6) is 0.913. The van der Waals surface area contributed by atoms with E-state index >= 15 is 0 Å². The topological polar surface area (TPSA) is 41.6 Å². The van der Waals surface area contributed by atoms with Crippen LogP contribution in [0, 0.1) is 6.92 Å². The van der Waals surface area contributed by atoms with Crippen LogP contribution in [0.3, 0.4) is 0 Å². The van der Waals surface area contributed by atoms with E-state index in [9.17, 15) is 0 Å². The lowest BCUT2D eigenvalue weighted by Crippen LogP contribution is -2.06. The quantitative estimate of drug-likeness (QED) is 0.650. The lowest BCUT2D eigenvalue weighted by atomic mass is 10.1. The number of fused-ring (bicyclic) bond motifs is 1. The Labute approximate surface area is 96.5 Å². The van der Waals surface area contributed by atoms with Crippen molar-refractivity contribution < 1.29 is 0 Å². The Morgan fingerprint density at radius 2 is 2.14 bits per heavy atom. The highest BCUT2D eigenvalue weighted by Gasteiger charge is 2.17. The molecule has 14 heavy (non-hydrogen) atoms. The number of nitrogens with one attached hydrogen (secondary N) is 1. The minimum absolute atomic E-state index is 0.109. The highest BCUT2D eigenvalue weighted by molar-refractivity contribution is 14.1. The number of aromatic amines is 1. The smallest absolute Gasteiger partial charge is 0.177 e. The third-order valence-corrected chi connectivity index (χ3v) is 2.77. The highest BCUT2D eigenvalue weighted by Crippen LogP contribution is 2.30. The molecule has 2 aromatic heterocycles. The molecule has 0 bridgehead atoms. The highest BCUT2D eigenvalue weighted by atomic mass is 127. The molecule has 2 aromatic rings. The molecule has 1 N–H and O–H groups in total. The normalized spacial score (nSPS) is 12.3. The molecule has 3 nitrogen and oxygen atoms in total. The standard InChI is InChI=1S/C10H12IN3/c1-6-13-8-4-7(10(2,3)11)5-12-9(8)14-6/h4-5H,1-3H3,(H,12,13,14). The fourth-order valence-corrected chi connectivity index (χ4v) is 1.64. The van der Waals surface area contributed by atoms with Crippen LogP contribution in [-0.2, 0) is 3.42 Å². The Morgan fingerprint density at radius 1 is 1.43 bits per heavy atom. The number of aryl methyl sites for hydroxylation is 1. The van der Waals surface area contributed by atoms with Gasteiger partial charge in [-0.2, -0.15) is 0 Å². The Hall–Kier alpha value is -0.650. The van der Waals surface area contributed by atoms with Crippen LogP contribution in [0.15, 0.2) is 12.3 Å². The molecule has 4 heteroatoms. The van der Waals surface area contributed by atoms with E-state index in [1.807, 2.05) is 13.1 Å². The van der Waals surface area contributed by atoms with Crippen LogP contribution in [-0.4, -0.2) is 15.0 Å². The van der Waals surface area contributed by atoms with Crippen LogP contribution in [0.1, 0.15) is 25.2 Å². The number of hydrogen-bond acceptors (Lipinski definition) is 2. The minimum Gasteiger partial charge on any atom is -0.341 e. The van der Waals surface area contributed by atoms with E-state index in [1.54, 1.807) is 0 Å². The number of alkyl halides is 1. The van der Waals surface area contributed by atoms with Gasteiger partial charge in [-0.05, 0) is 32.4 Å². The van der Waals surface area contributed by atoms with Gasteiger partial charge in [0, 0.05) is 9.62 Å². The van der Waals surface area contributed by atoms with E-state index in [2.05, 4.69) is 57.5 Å². The van der Waals surface area contributed by atoms with Gasteiger partial charge in [-0.1, -0.05) is 22.6 Å². The SMILES string of the molecule is Cc1nc2ncc(C(C)(C)I)cc2[nH]1. The molecule has 0 amide bonds. The second-order valence-corrected chi connectivity index (χ2v) is 6.59. The second-order valence-electron chi connectivity index (χ2n) is 3.89. The van der Waals surface area contributed by atoms with Crippen LogP contribution in [0.4, 0.5) is 0 Å². The number of imidazole rings is 1. The van der Waals surface area contributed by atoms with Crippen molar-refractivity contribution in [3.63, 3.8) is 0 Å². The summed E-state index contributed by atoms with van der Waals surface area (Å²) in [7, 11) is 0. The minimum atomic E-state index is 0.109. The molecule has 0 atom stereocenters. The first-order chi connectivity index (χ1) is 6.47. The first kappa shape index (κ1) is 9.89. The van der Waals surface area contributed by atoms with E-state index in [1.165, 1.54) is 5.56 Å². The van der Waals surface area contributed by atoms with Crippen molar-refractivity contribution in [3.05, 3.63) is 23.7 Å². The summed E-state index contributed by atoms with van der Waals surface area (Å²) in [5, 5.41) is 0. The van der Waals surface area contributed by atoms with Gasteiger partial charge in [0.05, 0.1) is 5.52 Å².